The second-order valence-corrected chi connectivity index (χ2v) is 7.05. The van der Waals surface area contributed by atoms with Crippen LogP contribution < -0.4 is 10.2 Å². The summed E-state index contributed by atoms with van der Waals surface area (Å²) >= 11 is 0. The number of pyridine rings is 1. The zero-order chi connectivity index (χ0) is 18.0. The number of hydrogen-bond donors (Lipinski definition) is 1. The van der Waals surface area contributed by atoms with Crippen LogP contribution in [-0.4, -0.2) is 79.8 Å². The van der Waals surface area contributed by atoms with Crippen LogP contribution >= 0.6 is 0 Å². The lowest BCUT2D eigenvalue weighted by Crippen LogP contribution is -2.58. The van der Waals surface area contributed by atoms with E-state index >= 15 is 0 Å². The first kappa shape index (κ1) is 17.2. The van der Waals surface area contributed by atoms with Gasteiger partial charge in [0, 0.05) is 38.9 Å². The molecule has 0 aromatic carbocycles. The molecule has 1 spiro atoms. The molecule has 2 amide bonds. The third-order valence-corrected chi connectivity index (χ3v) is 5.41. The summed E-state index contributed by atoms with van der Waals surface area (Å²) in [5.74, 6) is 0.815. The predicted molar refractivity (Wildman–Crippen MR) is 94.1 cm³/mol. The fourth-order valence-corrected chi connectivity index (χ4v) is 3.69. The van der Waals surface area contributed by atoms with Gasteiger partial charge in [-0.15, -0.1) is 0 Å². The van der Waals surface area contributed by atoms with Crippen molar-refractivity contribution in [2.24, 2.45) is 0 Å². The molecule has 26 heavy (non-hydrogen) atoms. The number of carbonyl (C=O) groups is 2. The van der Waals surface area contributed by atoms with Crippen molar-refractivity contribution >= 4 is 17.6 Å². The molecule has 0 aliphatic carbocycles. The largest absolute Gasteiger partial charge is 0.378 e. The fourth-order valence-electron chi connectivity index (χ4n) is 3.69. The number of likely N-dealkylation sites (tertiary alicyclic amines) is 1. The fraction of sp³-hybridized carbons (Fsp3) is 0.611. The topological polar surface area (TPSA) is 84.0 Å². The second-order valence-electron chi connectivity index (χ2n) is 7.05. The van der Waals surface area contributed by atoms with E-state index in [1.807, 2.05) is 17.0 Å². The second kappa shape index (κ2) is 7.20. The van der Waals surface area contributed by atoms with E-state index in [-0.39, 0.29) is 24.0 Å². The molecule has 1 aromatic rings. The minimum atomic E-state index is -0.316. The number of aromatic nitrogens is 1. The van der Waals surface area contributed by atoms with Crippen LogP contribution in [0.2, 0.25) is 0 Å². The maximum atomic E-state index is 12.8. The standard InChI is InChI=1S/C18H24N4O4/c23-16-12-26-18(13-20-16)3-5-22(6-4-18)17(24)14-1-2-15(19-11-14)21-7-9-25-10-8-21/h1-2,11H,3-10,12-13H2,(H,20,23). The molecule has 3 saturated heterocycles. The molecule has 0 unspecified atom stereocenters. The van der Waals surface area contributed by atoms with Gasteiger partial charge in [0.15, 0.2) is 0 Å². The van der Waals surface area contributed by atoms with Gasteiger partial charge >= 0.3 is 0 Å². The molecule has 0 atom stereocenters. The number of ether oxygens (including phenoxy) is 2. The smallest absolute Gasteiger partial charge is 0.255 e. The molecule has 0 bridgehead atoms. The van der Waals surface area contributed by atoms with Crippen molar-refractivity contribution in [2.45, 2.75) is 18.4 Å². The molecular formula is C18H24N4O4. The average Bonchev–Trinajstić information content (AvgIpc) is 2.71. The maximum Gasteiger partial charge on any atom is 0.255 e. The van der Waals surface area contributed by atoms with Crippen molar-refractivity contribution in [3.63, 3.8) is 0 Å². The average molecular weight is 360 g/mol. The summed E-state index contributed by atoms with van der Waals surface area (Å²) in [5, 5.41) is 2.86. The summed E-state index contributed by atoms with van der Waals surface area (Å²) in [6.07, 6.45) is 3.13. The molecule has 8 nitrogen and oxygen atoms in total. The van der Waals surface area contributed by atoms with Gasteiger partial charge in [-0.25, -0.2) is 4.98 Å². The van der Waals surface area contributed by atoms with Crippen molar-refractivity contribution in [1.29, 1.82) is 0 Å². The predicted octanol–water partition coefficient (Wildman–Crippen LogP) is 0.0394. The third kappa shape index (κ3) is 3.52. The van der Waals surface area contributed by atoms with Gasteiger partial charge in [-0.05, 0) is 25.0 Å². The highest BCUT2D eigenvalue weighted by Crippen LogP contribution is 2.28. The first-order valence-electron chi connectivity index (χ1n) is 9.14. The number of rotatable bonds is 2. The summed E-state index contributed by atoms with van der Waals surface area (Å²) in [7, 11) is 0. The molecule has 3 aliphatic rings. The number of carbonyl (C=O) groups excluding carboxylic acids is 2. The van der Waals surface area contributed by atoms with Crippen molar-refractivity contribution in [1.82, 2.24) is 15.2 Å². The monoisotopic (exact) mass is 360 g/mol. The number of hydrogen-bond acceptors (Lipinski definition) is 6. The van der Waals surface area contributed by atoms with E-state index in [0.717, 1.165) is 31.7 Å². The highest BCUT2D eigenvalue weighted by molar-refractivity contribution is 5.94. The summed E-state index contributed by atoms with van der Waals surface area (Å²) < 4.78 is 11.1. The summed E-state index contributed by atoms with van der Waals surface area (Å²) in [6.45, 7) is 4.96. The van der Waals surface area contributed by atoms with Crippen LogP contribution in [0.25, 0.3) is 0 Å². The molecule has 0 saturated carbocycles. The Kier molecular flexibility index (Phi) is 4.78. The zero-order valence-electron chi connectivity index (χ0n) is 14.8. The van der Waals surface area contributed by atoms with Crippen LogP contribution in [0.4, 0.5) is 5.82 Å². The number of nitrogens with zero attached hydrogens (tertiary/aromatic N) is 3. The van der Waals surface area contributed by atoms with E-state index in [1.54, 1.807) is 6.20 Å². The molecule has 1 N–H and O–H groups in total. The van der Waals surface area contributed by atoms with E-state index in [9.17, 15) is 9.59 Å². The van der Waals surface area contributed by atoms with Crippen LogP contribution in [0.15, 0.2) is 18.3 Å². The Balaban J connectivity index is 1.35. The Morgan fingerprint density at radius 1 is 1.15 bits per heavy atom. The van der Waals surface area contributed by atoms with E-state index in [0.29, 0.717) is 38.4 Å². The Labute approximate surface area is 152 Å². The molecule has 4 heterocycles. The molecule has 4 rings (SSSR count). The van der Waals surface area contributed by atoms with Crippen molar-refractivity contribution in [3.05, 3.63) is 23.9 Å². The van der Waals surface area contributed by atoms with Gasteiger partial charge in [0.25, 0.3) is 5.91 Å². The van der Waals surface area contributed by atoms with Gasteiger partial charge in [0.1, 0.15) is 12.4 Å². The Bertz CT molecular complexity index is 652. The van der Waals surface area contributed by atoms with Gasteiger partial charge in [-0.1, -0.05) is 0 Å². The van der Waals surface area contributed by atoms with Crippen molar-refractivity contribution in [3.8, 4) is 0 Å². The lowest BCUT2D eigenvalue weighted by atomic mass is 9.89. The van der Waals surface area contributed by atoms with Gasteiger partial charge in [0.2, 0.25) is 5.91 Å². The van der Waals surface area contributed by atoms with Crippen LogP contribution in [-0.2, 0) is 14.3 Å². The van der Waals surface area contributed by atoms with Crippen LogP contribution in [0.1, 0.15) is 23.2 Å². The molecule has 8 heteroatoms. The van der Waals surface area contributed by atoms with Crippen molar-refractivity contribution < 1.29 is 19.1 Å². The Hall–Kier alpha value is -2.19. The van der Waals surface area contributed by atoms with Crippen molar-refractivity contribution in [2.75, 3.05) is 57.4 Å². The lowest BCUT2D eigenvalue weighted by Gasteiger charge is -2.43. The molecule has 0 radical (unpaired) electrons. The highest BCUT2D eigenvalue weighted by Gasteiger charge is 2.40. The molecule has 1 aromatic heterocycles. The highest BCUT2D eigenvalue weighted by atomic mass is 16.5. The van der Waals surface area contributed by atoms with Gasteiger partial charge < -0.3 is 24.6 Å². The molecule has 140 valence electrons. The third-order valence-electron chi connectivity index (χ3n) is 5.41. The van der Waals surface area contributed by atoms with E-state index in [1.165, 1.54) is 0 Å². The minimum absolute atomic E-state index is 0.000669. The van der Waals surface area contributed by atoms with Gasteiger partial charge in [-0.2, -0.15) is 0 Å². The summed E-state index contributed by atoms with van der Waals surface area (Å²) in [4.78, 5) is 32.5. The normalized spacial score (nSPS) is 23.0. The van der Waals surface area contributed by atoms with Crippen LogP contribution in [0.3, 0.4) is 0 Å². The van der Waals surface area contributed by atoms with Crippen LogP contribution in [0.5, 0.6) is 0 Å². The number of piperidine rings is 1. The Morgan fingerprint density at radius 3 is 2.54 bits per heavy atom. The summed E-state index contributed by atoms with van der Waals surface area (Å²) in [5.41, 5.74) is 0.291. The number of amides is 2. The minimum Gasteiger partial charge on any atom is -0.378 e. The first-order chi connectivity index (χ1) is 12.7. The Morgan fingerprint density at radius 2 is 1.92 bits per heavy atom. The van der Waals surface area contributed by atoms with E-state index in [4.69, 9.17) is 9.47 Å². The lowest BCUT2D eigenvalue weighted by molar-refractivity contribution is -0.149. The molecule has 3 aliphatic heterocycles. The van der Waals surface area contributed by atoms with E-state index < -0.39 is 0 Å². The van der Waals surface area contributed by atoms with Gasteiger partial charge in [0.05, 0.1) is 24.4 Å². The maximum absolute atomic E-state index is 12.8. The molecular weight excluding hydrogens is 336 g/mol. The number of morpholine rings is 2. The first-order valence-corrected chi connectivity index (χ1v) is 9.14. The van der Waals surface area contributed by atoms with E-state index in [2.05, 4.69) is 15.2 Å². The van der Waals surface area contributed by atoms with Crippen LogP contribution in [0, 0.1) is 0 Å². The number of anilines is 1. The number of nitrogens with one attached hydrogen (secondary N) is 1. The molecule has 3 fully saturated rings. The zero-order valence-corrected chi connectivity index (χ0v) is 14.8. The summed E-state index contributed by atoms with van der Waals surface area (Å²) in [6, 6.07) is 3.76. The van der Waals surface area contributed by atoms with Gasteiger partial charge in [-0.3, -0.25) is 9.59 Å². The SMILES string of the molecule is O=C1COC2(CCN(C(=O)c3ccc(N4CCOCC4)nc3)CC2)CN1. The quantitative estimate of drug-likeness (QED) is 0.802.